The Bertz CT molecular complexity index is 627. The van der Waals surface area contributed by atoms with Gasteiger partial charge in [0.2, 0.25) is 11.8 Å². The third kappa shape index (κ3) is 2.43. The number of benzene rings is 1. The van der Waals surface area contributed by atoms with E-state index in [0.717, 1.165) is 0 Å². The first-order valence-corrected chi connectivity index (χ1v) is 7.06. The summed E-state index contributed by atoms with van der Waals surface area (Å²) >= 11 is 0. The Balaban J connectivity index is 1.73. The van der Waals surface area contributed by atoms with E-state index < -0.39 is 23.7 Å². The summed E-state index contributed by atoms with van der Waals surface area (Å²) in [5, 5.41) is 12.0. The molecule has 0 unspecified atom stereocenters. The molecule has 0 saturated carbocycles. The number of nitrogens with two attached hydrogens (primary N) is 1. The summed E-state index contributed by atoms with van der Waals surface area (Å²) in [7, 11) is 0. The molecule has 0 spiro atoms. The quantitative estimate of drug-likeness (QED) is 0.752. The summed E-state index contributed by atoms with van der Waals surface area (Å²) in [6, 6.07) is 6.12. The number of nitrogens with one attached hydrogen (secondary N) is 1. The van der Waals surface area contributed by atoms with E-state index in [1.165, 1.54) is 12.1 Å². The molecule has 1 aromatic rings. The van der Waals surface area contributed by atoms with Crippen LogP contribution >= 0.6 is 0 Å². The number of carboxylic acids is 1. The van der Waals surface area contributed by atoms with Gasteiger partial charge in [-0.15, -0.1) is 0 Å². The van der Waals surface area contributed by atoms with Gasteiger partial charge in [0.25, 0.3) is 0 Å². The van der Waals surface area contributed by atoms with Gasteiger partial charge in [-0.05, 0) is 37.1 Å². The zero-order valence-corrected chi connectivity index (χ0v) is 11.7. The fourth-order valence-electron chi connectivity index (χ4n) is 3.27. The average Bonchev–Trinajstić information content (AvgIpc) is 3.08. The number of aliphatic carboxylic acids is 1. The SMILES string of the molecule is NC(=O)c1ccc(NC(=O)[C@@H]2[C@@H](C(=O)O)[C@H]3CC[C@H]2O3)cc1. The van der Waals surface area contributed by atoms with Gasteiger partial charge in [0, 0.05) is 11.3 Å². The van der Waals surface area contributed by atoms with Gasteiger partial charge >= 0.3 is 5.97 Å². The lowest BCUT2D eigenvalue weighted by molar-refractivity contribution is -0.147. The van der Waals surface area contributed by atoms with Gasteiger partial charge in [-0.1, -0.05) is 0 Å². The van der Waals surface area contributed by atoms with Crippen LogP contribution in [0.25, 0.3) is 0 Å². The largest absolute Gasteiger partial charge is 0.481 e. The molecule has 2 saturated heterocycles. The standard InChI is InChI=1S/C15H16N2O5/c16-13(18)7-1-3-8(4-2-7)17-14(19)11-9-5-6-10(22-9)12(11)15(20)21/h1-4,9-12H,5-6H2,(H2,16,18)(H,17,19)(H,20,21)/t9-,10-,11+,12+/m1/s1. The number of carbonyl (C=O) groups excluding carboxylic acids is 2. The third-order valence-corrected chi connectivity index (χ3v) is 4.30. The van der Waals surface area contributed by atoms with Gasteiger partial charge in [0.1, 0.15) is 0 Å². The predicted molar refractivity (Wildman–Crippen MR) is 76.1 cm³/mol. The van der Waals surface area contributed by atoms with Crippen LogP contribution in [-0.4, -0.2) is 35.1 Å². The minimum Gasteiger partial charge on any atom is -0.481 e. The maximum absolute atomic E-state index is 12.4. The molecule has 4 atom stereocenters. The molecular formula is C15H16N2O5. The number of primary amides is 1. The number of amides is 2. The fourth-order valence-corrected chi connectivity index (χ4v) is 3.27. The number of anilines is 1. The van der Waals surface area contributed by atoms with Gasteiger partial charge in [-0.25, -0.2) is 0 Å². The minimum absolute atomic E-state index is 0.337. The van der Waals surface area contributed by atoms with E-state index in [0.29, 0.717) is 24.1 Å². The Hall–Kier alpha value is -2.41. The van der Waals surface area contributed by atoms with Gasteiger partial charge in [0.05, 0.1) is 24.0 Å². The van der Waals surface area contributed by atoms with E-state index in [1.807, 2.05) is 0 Å². The van der Waals surface area contributed by atoms with Crippen LogP contribution in [0, 0.1) is 11.8 Å². The van der Waals surface area contributed by atoms with Crippen LogP contribution in [-0.2, 0) is 14.3 Å². The van der Waals surface area contributed by atoms with E-state index in [-0.39, 0.29) is 18.1 Å². The first-order valence-electron chi connectivity index (χ1n) is 7.06. The highest BCUT2D eigenvalue weighted by Gasteiger charge is 2.55. The molecule has 1 aromatic carbocycles. The molecule has 2 amide bonds. The summed E-state index contributed by atoms with van der Waals surface area (Å²) in [4.78, 5) is 34.8. The van der Waals surface area contributed by atoms with Crippen LogP contribution in [0.2, 0.25) is 0 Å². The lowest BCUT2D eigenvalue weighted by Gasteiger charge is -2.23. The predicted octanol–water partition coefficient (Wildman–Crippen LogP) is 0.602. The summed E-state index contributed by atoms with van der Waals surface area (Å²) in [5.74, 6) is -3.41. The Morgan fingerprint density at radius 1 is 1.09 bits per heavy atom. The molecule has 2 aliphatic rings. The molecule has 2 fully saturated rings. The van der Waals surface area contributed by atoms with Gasteiger partial charge in [0.15, 0.2) is 0 Å². The lowest BCUT2D eigenvalue weighted by atomic mass is 9.78. The summed E-state index contributed by atoms with van der Waals surface area (Å²) in [6.45, 7) is 0. The molecule has 0 aromatic heterocycles. The third-order valence-electron chi connectivity index (χ3n) is 4.30. The van der Waals surface area contributed by atoms with Crippen molar-refractivity contribution in [2.75, 3.05) is 5.32 Å². The highest BCUT2D eigenvalue weighted by molar-refractivity contribution is 5.97. The zero-order valence-electron chi connectivity index (χ0n) is 11.7. The molecule has 2 heterocycles. The average molecular weight is 304 g/mol. The number of hydrogen-bond acceptors (Lipinski definition) is 4. The Kier molecular flexibility index (Phi) is 3.58. The molecule has 116 valence electrons. The molecule has 0 aliphatic carbocycles. The molecule has 2 bridgehead atoms. The second-order valence-corrected chi connectivity index (χ2v) is 5.61. The Labute approximate surface area is 126 Å². The number of carbonyl (C=O) groups is 3. The van der Waals surface area contributed by atoms with Crippen molar-refractivity contribution in [2.24, 2.45) is 17.6 Å². The maximum atomic E-state index is 12.4. The van der Waals surface area contributed by atoms with E-state index in [4.69, 9.17) is 10.5 Å². The van der Waals surface area contributed by atoms with Crippen LogP contribution in [0.5, 0.6) is 0 Å². The zero-order chi connectivity index (χ0) is 15.9. The molecule has 0 radical (unpaired) electrons. The lowest BCUT2D eigenvalue weighted by Crippen LogP contribution is -2.40. The number of fused-ring (bicyclic) bond motifs is 2. The molecule has 3 rings (SSSR count). The van der Waals surface area contributed by atoms with Crippen LogP contribution < -0.4 is 11.1 Å². The smallest absolute Gasteiger partial charge is 0.310 e. The van der Waals surface area contributed by atoms with Crippen molar-refractivity contribution >= 4 is 23.5 Å². The van der Waals surface area contributed by atoms with Gasteiger partial charge in [-0.3, -0.25) is 14.4 Å². The number of hydrogen-bond donors (Lipinski definition) is 3. The molecule has 2 aliphatic heterocycles. The van der Waals surface area contributed by atoms with Crippen LogP contribution in [0.1, 0.15) is 23.2 Å². The van der Waals surface area contributed by atoms with Crippen molar-refractivity contribution in [1.82, 2.24) is 0 Å². The second-order valence-electron chi connectivity index (χ2n) is 5.61. The van der Waals surface area contributed by atoms with Crippen molar-refractivity contribution in [3.05, 3.63) is 29.8 Å². The van der Waals surface area contributed by atoms with Crippen molar-refractivity contribution < 1.29 is 24.2 Å². The second kappa shape index (κ2) is 5.42. The Morgan fingerprint density at radius 3 is 2.23 bits per heavy atom. The van der Waals surface area contributed by atoms with E-state index >= 15 is 0 Å². The summed E-state index contributed by atoms with van der Waals surface area (Å²) < 4.78 is 5.57. The van der Waals surface area contributed by atoms with E-state index in [1.54, 1.807) is 12.1 Å². The fraction of sp³-hybridized carbons (Fsp3) is 0.400. The van der Waals surface area contributed by atoms with Crippen molar-refractivity contribution in [3.63, 3.8) is 0 Å². The summed E-state index contributed by atoms with van der Waals surface area (Å²) in [6.07, 6.45) is 0.665. The van der Waals surface area contributed by atoms with Crippen molar-refractivity contribution in [3.8, 4) is 0 Å². The number of carboxylic acid groups (broad SMARTS) is 1. The van der Waals surface area contributed by atoms with Crippen LogP contribution in [0.15, 0.2) is 24.3 Å². The molecule has 7 heteroatoms. The van der Waals surface area contributed by atoms with Crippen LogP contribution in [0.3, 0.4) is 0 Å². The highest BCUT2D eigenvalue weighted by Crippen LogP contribution is 2.44. The monoisotopic (exact) mass is 304 g/mol. The molecule has 22 heavy (non-hydrogen) atoms. The Morgan fingerprint density at radius 2 is 1.68 bits per heavy atom. The summed E-state index contributed by atoms with van der Waals surface area (Å²) in [5.41, 5.74) is 5.97. The maximum Gasteiger partial charge on any atom is 0.310 e. The molecule has 4 N–H and O–H groups in total. The highest BCUT2D eigenvalue weighted by atomic mass is 16.5. The molecular weight excluding hydrogens is 288 g/mol. The minimum atomic E-state index is -1.00. The van der Waals surface area contributed by atoms with Crippen molar-refractivity contribution in [2.45, 2.75) is 25.0 Å². The van der Waals surface area contributed by atoms with Gasteiger partial charge < -0.3 is 20.9 Å². The van der Waals surface area contributed by atoms with Crippen LogP contribution in [0.4, 0.5) is 5.69 Å². The first kappa shape index (κ1) is 14.5. The van der Waals surface area contributed by atoms with E-state index in [2.05, 4.69) is 5.32 Å². The number of rotatable bonds is 4. The van der Waals surface area contributed by atoms with E-state index in [9.17, 15) is 19.5 Å². The van der Waals surface area contributed by atoms with Crippen molar-refractivity contribution in [1.29, 1.82) is 0 Å². The molecule has 7 nitrogen and oxygen atoms in total. The topological polar surface area (TPSA) is 119 Å². The normalized spacial score (nSPS) is 29.3. The first-order chi connectivity index (χ1) is 10.5. The van der Waals surface area contributed by atoms with Gasteiger partial charge in [-0.2, -0.15) is 0 Å². The number of ether oxygens (including phenoxy) is 1.